The number of rotatable bonds is 1. The van der Waals surface area contributed by atoms with E-state index >= 15 is 0 Å². The SMILES string of the molecule is c1cc2cnc(N3CCC4(C3)OCCO4)nc2s1. The Morgan fingerprint density at radius 1 is 1.33 bits per heavy atom. The molecule has 1 spiro atoms. The van der Waals surface area contributed by atoms with E-state index in [9.17, 15) is 0 Å². The molecule has 4 rings (SSSR count). The van der Waals surface area contributed by atoms with Crippen molar-refractivity contribution in [2.75, 3.05) is 31.2 Å². The average molecular weight is 263 g/mol. The summed E-state index contributed by atoms with van der Waals surface area (Å²) in [5, 5.41) is 3.14. The summed E-state index contributed by atoms with van der Waals surface area (Å²) < 4.78 is 11.4. The lowest BCUT2D eigenvalue weighted by Gasteiger charge is -2.22. The minimum atomic E-state index is -0.409. The van der Waals surface area contributed by atoms with Crippen LogP contribution in [0.4, 0.5) is 5.95 Å². The van der Waals surface area contributed by atoms with Crippen LogP contribution in [-0.2, 0) is 9.47 Å². The molecule has 0 atom stereocenters. The van der Waals surface area contributed by atoms with Crippen LogP contribution in [0.15, 0.2) is 17.6 Å². The average Bonchev–Trinajstić information content (AvgIpc) is 3.11. The predicted molar refractivity (Wildman–Crippen MR) is 68.9 cm³/mol. The second-order valence-electron chi connectivity index (χ2n) is 4.63. The van der Waals surface area contributed by atoms with Crippen molar-refractivity contribution in [1.29, 1.82) is 0 Å². The number of ether oxygens (including phenoxy) is 2. The standard InChI is InChI=1S/C12H13N3O2S/c1-6-18-10-9(1)7-13-11(14-10)15-3-2-12(8-15)16-4-5-17-12/h1,6-7H,2-5,8H2. The Kier molecular flexibility index (Phi) is 2.30. The molecule has 2 fully saturated rings. The molecule has 0 aromatic carbocycles. The van der Waals surface area contributed by atoms with E-state index in [2.05, 4.69) is 14.9 Å². The lowest BCUT2D eigenvalue weighted by atomic mass is 10.2. The molecular weight excluding hydrogens is 250 g/mol. The zero-order chi connectivity index (χ0) is 12.0. The molecule has 2 saturated heterocycles. The molecule has 0 saturated carbocycles. The van der Waals surface area contributed by atoms with Gasteiger partial charge in [-0.3, -0.25) is 0 Å². The lowest BCUT2D eigenvalue weighted by molar-refractivity contribution is -0.138. The van der Waals surface area contributed by atoms with E-state index in [1.54, 1.807) is 11.3 Å². The van der Waals surface area contributed by atoms with E-state index in [1.165, 1.54) is 0 Å². The number of nitrogens with zero attached hydrogens (tertiary/aromatic N) is 3. The first-order valence-corrected chi connectivity index (χ1v) is 6.96. The Morgan fingerprint density at radius 3 is 3.11 bits per heavy atom. The first-order valence-electron chi connectivity index (χ1n) is 6.08. The molecule has 0 amide bonds. The summed E-state index contributed by atoms with van der Waals surface area (Å²) in [6.45, 7) is 3.00. The highest BCUT2D eigenvalue weighted by Crippen LogP contribution is 2.32. The number of thiophene rings is 1. The van der Waals surface area contributed by atoms with Crippen LogP contribution in [0, 0.1) is 0 Å². The minimum absolute atomic E-state index is 0.409. The van der Waals surface area contributed by atoms with Crippen LogP contribution in [0.3, 0.4) is 0 Å². The van der Waals surface area contributed by atoms with Gasteiger partial charge in [-0.2, -0.15) is 0 Å². The fourth-order valence-electron chi connectivity index (χ4n) is 2.56. The normalized spacial score (nSPS) is 22.3. The molecule has 2 aromatic heterocycles. The van der Waals surface area contributed by atoms with Gasteiger partial charge < -0.3 is 14.4 Å². The first-order chi connectivity index (χ1) is 8.85. The molecule has 0 N–H and O–H groups in total. The van der Waals surface area contributed by atoms with Gasteiger partial charge in [0, 0.05) is 24.5 Å². The second-order valence-corrected chi connectivity index (χ2v) is 5.52. The summed E-state index contributed by atoms with van der Waals surface area (Å²) >= 11 is 1.64. The van der Waals surface area contributed by atoms with Gasteiger partial charge in [0.25, 0.3) is 0 Å². The molecule has 6 heteroatoms. The number of aromatic nitrogens is 2. The topological polar surface area (TPSA) is 47.5 Å². The van der Waals surface area contributed by atoms with E-state index in [1.807, 2.05) is 17.6 Å². The number of fused-ring (bicyclic) bond motifs is 1. The number of hydrogen-bond acceptors (Lipinski definition) is 6. The van der Waals surface area contributed by atoms with E-state index in [0.717, 1.165) is 35.7 Å². The van der Waals surface area contributed by atoms with Crippen molar-refractivity contribution in [3.05, 3.63) is 17.6 Å². The van der Waals surface area contributed by atoms with Gasteiger partial charge in [-0.1, -0.05) is 0 Å². The lowest BCUT2D eigenvalue weighted by Crippen LogP contribution is -2.34. The maximum Gasteiger partial charge on any atom is 0.226 e. The van der Waals surface area contributed by atoms with Gasteiger partial charge in [0.15, 0.2) is 5.79 Å². The van der Waals surface area contributed by atoms with Gasteiger partial charge in [0.05, 0.1) is 19.8 Å². The summed E-state index contributed by atoms with van der Waals surface area (Å²) in [4.78, 5) is 12.2. The van der Waals surface area contributed by atoms with E-state index in [4.69, 9.17) is 9.47 Å². The second kappa shape index (κ2) is 3.88. The highest BCUT2D eigenvalue weighted by molar-refractivity contribution is 7.16. The Bertz CT molecular complexity index is 579. The maximum absolute atomic E-state index is 5.71. The van der Waals surface area contributed by atoms with Gasteiger partial charge in [0.1, 0.15) is 4.83 Å². The third-order valence-corrected chi connectivity index (χ3v) is 4.31. The van der Waals surface area contributed by atoms with Crippen LogP contribution >= 0.6 is 11.3 Å². The summed E-state index contributed by atoms with van der Waals surface area (Å²) in [5.41, 5.74) is 0. The highest BCUT2D eigenvalue weighted by Gasteiger charge is 2.44. The third kappa shape index (κ3) is 1.60. The van der Waals surface area contributed by atoms with Crippen molar-refractivity contribution in [3.63, 3.8) is 0 Å². The summed E-state index contributed by atoms with van der Waals surface area (Å²) in [5.74, 6) is 0.370. The largest absolute Gasteiger partial charge is 0.346 e. The van der Waals surface area contributed by atoms with Gasteiger partial charge in [-0.25, -0.2) is 9.97 Å². The fraction of sp³-hybridized carbons (Fsp3) is 0.500. The van der Waals surface area contributed by atoms with E-state index < -0.39 is 5.79 Å². The Balaban J connectivity index is 1.63. The quantitative estimate of drug-likeness (QED) is 0.783. The van der Waals surface area contributed by atoms with Crippen molar-refractivity contribution >= 4 is 27.5 Å². The Hall–Kier alpha value is -1.24. The molecule has 2 aromatic rings. The Labute approximate surface area is 108 Å². The van der Waals surface area contributed by atoms with Crippen LogP contribution in [0.1, 0.15) is 6.42 Å². The molecule has 0 aliphatic carbocycles. The summed E-state index contributed by atoms with van der Waals surface area (Å²) in [6.07, 6.45) is 2.77. The molecule has 18 heavy (non-hydrogen) atoms. The van der Waals surface area contributed by atoms with Crippen LogP contribution in [0.5, 0.6) is 0 Å². The number of hydrogen-bond donors (Lipinski definition) is 0. The molecule has 2 aliphatic rings. The molecule has 0 unspecified atom stereocenters. The monoisotopic (exact) mass is 263 g/mol. The van der Waals surface area contributed by atoms with Gasteiger partial charge in [-0.05, 0) is 11.4 Å². The number of anilines is 1. The zero-order valence-corrected chi connectivity index (χ0v) is 10.7. The smallest absolute Gasteiger partial charge is 0.226 e. The zero-order valence-electron chi connectivity index (χ0n) is 9.83. The van der Waals surface area contributed by atoms with Gasteiger partial charge in [0.2, 0.25) is 5.95 Å². The van der Waals surface area contributed by atoms with Crippen molar-refractivity contribution in [3.8, 4) is 0 Å². The molecule has 2 aliphatic heterocycles. The van der Waals surface area contributed by atoms with Crippen LogP contribution in [-0.4, -0.2) is 42.1 Å². The first kappa shape index (κ1) is 10.7. The van der Waals surface area contributed by atoms with Crippen LogP contribution in [0.2, 0.25) is 0 Å². The minimum Gasteiger partial charge on any atom is -0.346 e. The fourth-order valence-corrected chi connectivity index (χ4v) is 3.29. The van der Waals surface area contributed by atoms with Crippen molar-refractivity contribution < 1.29 is 9.47 Å². The van der Waals surface area contributed by atoms with Crippen molar-refractivity contribution in [1.82, 2.24) is 9.97 Å². The van der Waals surface area contributed by atoms with E-state index in [-0.39, 0.29) is 0 Å². The Morgan fingerprint density at radius 2 is 2.22 bits per heavy atom. The van der Waals surface area contributed by atoms with Crippen molar-refractivity contribution in [2.45, 2.75) is 12.2 Å². The molecular formula is C12H13N3O2S. The molecule has 0 bridgehead atoms. The van der Waals surface area contributed by atoms with Gasteiger partial charge in [-0.15, -0.1) is 11.3 Å². The predicted octanol–water partition coefficient (Wildman–Crippen LogP) is 1.64. The van der Waals surface area contributed by atoms with E-state index in [0.29, 0.717) is 13.2 Å². The maximum atomic E-state index is 5.71. The van der Waals surface area contributed by atoms with Crippen LogP contribution in [0.25, 0.3) is 10.2 Å². The molecule has 5 nitrogen and oxygen atoms in total. The summed E-state index contributed by atoms with van der Waals surface area (Å²) in [7, 11) is 0. The molecule has 4 heterocycles. The van der Waals surface area contributed by atoms with Crippen molar-refractivity contribution in [2.24, 2.45) is 0 Å². The van der Waals surface area contributed by atoms with Gasteiger partial charge >= 0.3 is 0 Å². The van der Waals surface area contributed by atoms with Crippen LogP contribution < -0.4 is 4.90 Å². The third-order valence-electron chi connectivity index (χ3n) is 3.49. The molecule has 94 valence electrons. The summed E-state index contributed by atoms with van der Waals surface area (Å²) in [6, 6.07) is 2.04. The molecule has 0 radical (unpaired) electrons. The highest BCUT2D eigenvalue weighted by atomic mass is 32.1.